The average Bonchev–Trinajstić information content (AvgIpc) is 3.16. The Morgan fingerprint density at radius 2 is 2.21 bits per heavy atom. The summed E-state index contributed by atoms with van der Waals surface area (Å²) in [7, 11) is 4.11. The summed E-state index contributed by atoms with van der Waals surface area (Å²) in [5, 5.41) is 0. The SMILES string of the molecule is CN1CCCC(CCC(=O)N(C)CC2(CN)CC2)C1. The van der Waals surface area contributed by atoms with Gasteiger partial charge in [-0.05, 0) is 58.2 Å². The molecule has 2 N–H and O–H groups in total. The molecule has 0 aromatic rings. The van der Waals surface area contributed by atoms with Crippen molar-refractivity contribution < 1.29 is 4.79 Å². The molecule has 1 heterocycles. The first kappa shape index (κ1) is 14.8. The van der Waals surface area contributed by atoms with E-state index in [0.29, 0.717) is 18.2 Å². The van der Waals surface area contributed by atoms with E-state index < -0.39 is 0 Å². The predicted molar refractivity (Wildman–Crippen MR) is 77.8 cm³/mol. The molecule has 4 nitrogen and oxygen atoms in total. The molecule has 0 radical (unpaired) electrons. The number of nitrogens with zero attached hydrogens (tertiary/aromatic N) is 2. The third-order valence-corrected chi connectivity index (χ3v) is 4.88. The largest absolute Gasteiger partial charge is 0.345 e. The third-order valence-electron chi connectivity index (χ3n) is 4.88. The lowest BCUT2D eigenvalue weighted by molar-refractivity contribution is -0.131. The lowest BCUT2D eigenvalue weighted by Gasteiger charge is -2.30. The normalized spacial score (nSPS) is 26.2. The fraction of sp³-hybridized carbons (Fsp3) is 0.933. The number of nitrogens with two attached hydrogens (primary N) is 1. The molecule has 0 spiro atoms. The first-order chi connectivity index (χ1) is 9.04. The van der Waals surface area contributed by atoms with Crippen molar-refractivity contribution in [3.8, 4) is 0 Å². The fourth-order valence-electron chi connectivity index (χ4n) is 3.22. The highest BCUT2D eigenvalue weighted by molar-refractivity contribution is 5.75. The first-order valence-corrected chi connectivity index (χ1v) is 7.67. The van der Waals surface area contributed by atoms with Gasteiger partial charge in [0.05, 0.1) is 0 Å². The second-order valence-corrected chi connectivity index (χ2v) is 6.76. The molecule has 2 aliphatic rings. The van der Waals surface area contributed by atoms with E-state index in [1.165, 1.54) is 32.2 Å². The van der Waals surface area contributed by atoms with E-state index in [1.807, 2.05) is 11.9 Å². The Bertz CT molecular complexity index is 315. The van der Waals surface area contributed by atoms with E-state index in [-0.39, 0.29) is 5.41 Å². The minimum atomic E-state index is 0.259. The topological polar surface area (TPSA) is 49.6 Å². The van der Waals surface area contributed by atoms with Crippen LogP contribution in [0.4, 0.5) is 0 Å². The molecule has 0 aromatic heterocycles. The van der Waals surface area contributed by atoms with Crippen LogP contribution in [0.1, 0.15) is 38.5 Å². The third kappa shape index (κ3) is 4.18. The van der Waals surface area contributed by atoms with Gasteiger partial charge >= 0.3 is 0 Å². The summed E-state index contributed by atoms with van der Waals surface area (Å²) in [4.78, 5) is 16.5. The first-order valence-electron chi connectivity index (χ1n) is 7.67. The van der Waals surface area contributed by atoms with Crippen LogP contribution in [-0.2, 0) is 4.79 Å². The Balaban J connectivity index is 1.68. The average molecular weight is 267 g/mol. The van der Waals surface area contributed by atoms with Crippen LogP contribution in [0.25, 0.3) is 0 Å². The minimum Gasteiger partial charge on any atom is -0.345 e. The Labute approximate surface area is 117 Å². The number of rotatable bonds is 6. The molecule has 1 saturated heterocycles. The lowest BCUT2D eigenvalue weighted by atomic mass is 9.93. The van der Waals surface area contributed by atoms with Crippen molar-refractivity contribution in [2.75, 3.05) is 40.3 Å². The second kappa shape index (κ2) is 6.23. The van der Waals surface area contributed by atoms with Crippen LogP contribution in [0.2, 0.25) is 0 Å². The molecule has 19 heavy (non-hydrogen) atoms. The molecular weight excluding hydrogens is 238 g/mol. The van der Waals surface area contributed by atoms with Gasteiger partial charge in [-0.15, -0.1) is 0 Å². The van der Waals surface area contributed by atoms with E-state index in [2.05, 4.69) is 11.9 Å². The zero-order chi connectivity index (χ0) is 13.9. The zero-order valence-corrected chi connectivity index (χ0v) is 12.5. The summed E-state index contributed by atoms with van der Waals surface area (Å²) in [6.07, 6.45) is 6.69. The van der Waals surface area contributed by atoms with Gasteiger partial charge in [0, 0.05) is 32.0 Å². The molecule has 1 saturated carbocycles. The van der Waals surface area contributed by atoms with Crippen LogP contribution < -0.4 is 5.73 Å². The Kier molecular flexibility index (Phi) is 4.85. The Morgan fingerprint density at radius 1 is 1.47 bits per heavy atom. The van der Waals surface area contributed by atoms with E-state index in [4.69, 9.17) is 5.73 Å². The summed E-state index contributed by atoms with van der Waals surface area (Å²) in [6.45, 7) is 3.94. The Hall–Kier alpha value is -0.610. The highest BCUT2D eigenvalue weighted by atomic mass is 16.2. The van der Waals surface area contributed by atoms with Crippen LogP contribution >= 0.6 is 0 Å². The van der Waals surface area contributed by atoms with E-state index in [0.717, 1.165) is 26.1 Å². The number of hydrogen-bond acceptors (Lipinski definition) is 3. The molecule has 1 amide bonds. The van der Waals surface area contributed by atoms with Crippen LogP contribution in [0.15, 0.2) is 0 Å². The van der Waals surface area contributed by atoms with Crippen molar-refractivity contribution in [3.63, 3.8) is 0 Å². The van der Waals surface area contributed by atoms with Crippen molar-refractivity contribution in [1.29, 1.82) is 0 Å². The molecule has 0 bridgehead atoms. The van der Waals surface area contributed by atoms with Gasteiger partial charge in [0.2, 0.25) is 5.91 Å². The molecule has 2 rings (SSSR count). The van der Waals surface area contributed by atoms with Gasteiger partial charge in [-0.1, -0.05) is 0 Å². The molecule has 4 heteroatoms. The van der Waals surface area contributed by atoms with Crippen molar-refractivity contribution in [2.24, 2.45) is 17.1 Å². The number of piperidine rings is 1. The quantitative estimate of drug-likeness (QED) is 0.789. The minimum absolute atomic E-state index is 0.259. The molecule has 2 fully saturated rings. The maximum absolute atomic E-state index is 12.2. The zero-order valence-electron chi connectivity index (χ0n) is 12.5. The monoisotopic (exact) mass is 267 g/mol. The lowest BCUT2D eigenvalue weighted by Crippen LogP contribution is -2.37. The molecule has 1 unspecified atom stereocenters. The predicted octanol–water partition coefficient (Wildman–Crippen LogP) is 1.31. The number of amides is 1. The fourth-order valence-corrected chi connectivity index (χ4v) is 3.22. The summed E-state index contributed by atoms with van der Waals surface area (Å²) in [5.74, 6) is 1.01. The van der Waals surface area contributed by atoms with Gasteiger partial charge < -0.3 is 15.5 Å². The summed E-state index contributed by atoms with van der Waals surface area (Å²) in [5.41, 5.74) is 6.04. The maximum Gasteiger partial charge on any atom is 0.222 e. The summed E-state index contributed by atoms with van der Waals surface area (Å²) < 4.78 is 0. The highest BCUT2D eigenvalue weighted by Gasteiger charge is 2.42. The molecule has 0 aromatic carbocycles. The van der Waals surface area contributed by atoms with Gasteiger partial charge in [0.25, 0.3) is 0 Å². The van der Waals surface area contributed by atoms with Crippen LogP contribution in [0.5, 0.6) is 0 Å². The van der Waals surface area contributed by atoms with E-state index >= 15 is 0 Å². The number of hydrogen-bond donors (Lipinski definition) is 1. The number of likely N-dealkylation sites (tertiary alicyclic amines) is 1. The maximum atomic E-state index is 12.2. The van der Waals surface area contributed by atoms with Crippen molar-refractivity contribution >= 4 is 5.91 Å². The second-order valence-electron chi connectivity index (χ2n) is 6.76. The molecule has 1 atom stereocenters. The molecule has 110 valence electrons. The Morgan fingerprint density at radius 3 is 2.79 bits per heavy atom. The van der Waals surface area contributed by atoms with E-state index in [9.17, 15) is 4.79 Å². The van der Waals surface area contributed by atoms with Crippen LogP contribution in [0.3, 0.4) is 0 Å². The van der Waals surface area contributed by atoms with E-state index in [1.54, 1.807) is 0 Å². The molecule has 1 aliphatic carbocycles. The summed E-state index contributed by atoms with van der Waals surface area (Å²) in [6, 6.07) is 0. The van der Waals surface area contributed by atoms with Crippen molar-refractivity contribution in [1.82, 2.24) is 9.80 Å². The van der Waals surface area contributed by atoms with Gasteiger partial charge in [0.1, 0.15) is 0 Å². The number of carbonyl (C=O) groups is 1. The van der Waals surface area contributed by atoms with Gasteiger partial charge in [-0.3, -0.25) is 4.79 Å². The van der Waals surface area contributed by atoms with Crippen LogP contribution in [-0.4, -0.2) is 56.0 Å². The van der Waals surface area contributed by atoms with Crippen LogP contribution in [0, 0.1) is 11.3 Å². The summed E-state index contributed by atoms with van der Waals surface area (Å²) >= 11 is 0. The standard InChI is InChI=1S/C15H29N3O/c1-17-9-3-4-13(10-17)5-6-14(19)18(2)12-15(11-16)7-8-15/h13H,3-12,16H2,1-2H3. The van der Waals surface area contributed by atoms with Gasteiger partial charge in [-0.2, -0.15) is 0 Å². The van der Waals surface area contributed by atoms with Gasteiger partial charge in [0.15, 0.2) is 0 Å². The van der Waals surface area contributed by atoms with Crippen molar-refractivity contribution in [3.05, 3.63) is 0 Å². The highest BCUT2D eigenvalue weighted by Crippen LogP contribution is 2.44. The van der Waals surface area contributed by atoms with Gasteiger partial charge in [-0.25, -0.2) is 0 Å². The number of carbonyl (C=O) groups excluding carboxylic acids is 1. The van der Waals surface area contributed by atoms with Crippen molar-refractivity contribution in [2.45, 2.75) is 38.5 Å². The molecule has 1 aliphatic heterocycles. The smallest absolute Gasteiger partial charge is 0.222 e. The molecular formula is C15H29N3O.